The lowest BCUT2D eigenvalue weighted by Crippen LogP contribution is -2.39. The molecule has 0 aliphatic carbocycles. The first-order chi connectivity index (χ1) is 13.3. The molecule has 2 rings (SSSR count). The van der Waals surface area contributed by atoms with Gasteiger partial charge in [-0.3, -0.25) is 0 Å². The molecule has 152 valence electrons. The number of methoxy groups -OCH3 is 1. The molecule has 0 saturated heterocycles. The van der Waals surface area contributed by atoms with E-state index in [-0.39, 0.29) is 5.92 Å². The number of hydrogen-bond acceptors (Lipinski definition) is 3. The Balaban J connectivity index is 2.32. The summed E-state index contributed by atoms with van der Waals surface area (Å²) in [5.41, 5.74) is 3.06. The zero-order chi connectivity index (χ0) is 20.7. The van der Waals surface area contributed by atoms with Crippen molar-refractivity contribution < 1.29 is 13.2 Å². The van der Waals surface area contributed by atoms with Crippen LogP contribution in [0.15, 0.2) is 61.2 Å². The zero-order valence-electron chi connectivity index (χ0n) is 17.3. The number of aryl methyl sites for hydroxylation is 1. The van der Waals surface area contributed by atoms with Crippen molar-refractivity contribution in [3.8, 4) is 5.75 Å². The molecule has 0 saturated carbocycles. The van der Waals surface area contributed by atoms with Crippen LogP contribution < -0.4 is 4.74 Å². The van der Waals surface area contributed by atoms with E-state index in [0.29, 0.717) is 19.5 Å². The van der Waals surface area contributed by atoms with Gasteiger partial charge in [0.2, 0.25) is 10.0 Å². The van der Waals surface area contributed by atoms with E-state index >= 15 is 0 Å². The van der Waals surface area contributed by atoms with Crippen LogP contribution in [0.25, 0.3) is 0 Å². The van der Waals surface area contributed by atoms with E-state index in [1.165, 1.54) is 0 Å². The van der Waals surface area contributed by atoms with Crippen LogP contribution in [-0.2, 0) is 23.1 Å². The van der Waals surface area contributed by atoms with E-state index in [2.05, 4.69) is 6.58 Å². The van der Waals surface area contributed by atoms with Gasteiger partial charge in [-0.2, -0.15) is 4.31 Å². The van der Waals surface area contributed by atoms with E-state index in [0.717, 1.165) is 22.4 Å². The number of hydrogen-bond donors (Lipinski definition) is 0. The highest BCUT2D eigenvalue weighted by atomic mass is 32.2. The van der Waals surface area contributed by atoms with Crippen LogP contribution in [0.1, 0.15) is 37.0 Å². The summed E-state index contributed by atoms with van der Waals surface area (Å²) in [5, 5.41) is -0.491. The number of allylic oxidation sites excluding steroid dienone is 1. The number of nitrogens with zero attached hydrogens (tertiary/aromatic N) is 1. The van der Waals surface area contributed by atoms with Gasteiger partial charge < -0.3 is 4.74 Å². The molecule has 0 fully saturated rings. The number of ether oxygens (including phenoxy) is 1. The molecule has 5 heteroatoms. The number of rotatable bonds is 10. The molecular formula is C23H31NO3S. The van der Waals surface area contributed by atoms with Gasteiger partial charge in [0.1, 0.15) is 5.75 Å². The minimum Gasteiger partial charge on any atom is -0.497 e. The predicted molar refractivity (Wildman–Crippen MR) is 116 cm³/mol. The Morgan fingerprint density at radius 3 is 1.96 bits per heavy atom. The summed E-state index contributed by atoms with van der Waals surface area (Å²) in [6.45, 7) is 10.2. The third kappa shape index (κ3) is 5.69. The minimum absolute atomic E-state index is 0.00103. The Morgan fingerprint density at radius 2 is 1.50 bits per heavy atom. The largest absolute Gasteiger partial charge is 0.497 e. The molecule has 0 bridgehead atoms. The fourth-order valence-corrected chi connectivity index (χ4v) is 4.88. The average Bonchev–Trinajstić information content (AvgIpc) is 2.69. The SMILES string of the molecule is C=CC[C@@H](C)[C@@H](C)S(=O)(=O)N(Cc1ccc(C)cc1)Cc1ccc(OC)cc1. The molecule has 2 aromatic carbocycles. The highest BCUT2D eigenvalue weighted by molar-refractivity contribution is 7.89. The van der Waals surface area contributed by atoms with Crippen molar-refractivity contribution in [1.29, 1.82) is 0 Å². The molecule has 0 spiro atoms. The summed E-state index contributed by atoms with van der Waals surface area (Å²) in [5.74, 6) is 0.753. The Morgan fingerprint density at radius 1 is 1.00 bits per heavy atom. The normalized spacial score (nSPS) is 13.9. The van der Waals surface area contributed by atoms with Gasteiger partial charge in [-0.15, -0.1) is 6.58 Å². The van der Waals surface area contributed by atoms with Crippen molar-refractivity contribution in [3.63, 3.8) is 0 Å². The molecule has 0 unspecified atom stereocenters. The van der Waals surface area contributed by atoms with Crippen LogP contribution in [0, 0.1) is 12.8 Å². The van der Waals surface area contributed by atoms with Gasteiger partial charge in [0, 0.05) is 13.1 Å². The average molecular weight is 402 g/mol. The third-order valence-electron chi connectivity index (χ3n) is 5.17. The maximum Gasteiger partial charge on any atom is 0.217 e. The highest BCUT2D eigenvalue weighted by Crippen LogP contribution is 2.24. The molecule has 0 aromatic heterocycles. The molecular weight excluding hydrogens is 370 g/mol. The maximum atomic E-state index is 13.4. The lowest BCUT2D eigenvalue weighted by molar-refractivity contribution is 0.382. The van der Waals surface area contributed by atoms with Gasteiger partial charge in [-0.05, 0) is 49.4 Å². The molecule has 2 atom stereocenters. The van der Waals surface area contributed by atoms with Crippen molar-refractivity contribution in [2.75, 3.05) is 7.11 Å². The van der Waals surface area contributed by atoms with Crippen LogP contribution >= 0.6 is 0 Å². The third-order valence-corrected chi connectivity index (χ3v) is 7.55. The molecule has 0 N–H and O–H groups in total. The van der Waals surface area contributed by atoms with Crippen molar-refractivity contribution >= 4 is 10.0 Å². The second-order valence-corrected chi connectivity index (χ2v) is 9.64. The molecule has 0 radical (unpaired) electrons. The van der Waals surface area contributed by atoms with Crippen molar-refractivity contribution in [2.24, 2.45) is 5.92 Å². The van der Waals surface area contributed by atoms with Crippen LogP contribution in [0.2, 0.25) is 0 Å². The van der Waals surface area contributed by atoms with E-state index in [1.807, 2.05) is 62.4 Å². The second kappa shape index (κ2) is 9.89. The summed E-state index contributed by atoms with van der Waals surface area (Å²) in [7, 11) is -1.87. The standard InChI is InChI=1S/C23H31NO3S/c1-6-7-19(3)20(4)28(25,26)24(16-21-10-8-18(2)9-11-21)17-22-12-14-23(27-5)15-13-22/h6,8-15,19-20H,1,7,16-17H2,2-5H3/t19-,20-/m1/s1. The lowest BCUT2D eigenvalue weighted by Gasteiger charge is -2.29. The molecule has 4 nitrogen and oxygen atoms in total. The molecule has 0 aliphatic heterocycles. The van der Waals surface area contributed by atoms with E-state index in [4.69, 9.17) is 4.74 Å². The quantitative estimate of drug-likeness (QED) is 0.530. The van der Waals surface area contributed by atoms with Crippen LogP contribution in [0.4, 0.5) is 0 Å². The summed E-state index contributed by atoms with van der Waals surface area (Å²) in [6.07, 6.45) is 2.45. The Hall–Kier alpha value is -2.11. The summed E-state index contributed by atoms with van der Waals surface area (Å²) in [6, 6.07) is 15.5. The van der Waals surface area contributed by atoms with E-state index in [9.17, 15) is 8.42 Å². The molecule has 0 aliphatic rings. The van der Waals surface area contributed by atoms with Gasteiger partial charge in [-0.1, -0.05) is 55.0 Å². The second-order valence-electron chi connectivity index (χ2n) is 7.35. The van der Waals surface area contributed by atoms with Gasteiger partial charge in [0.25, 0.3) is 0 Å². The molecule has 0 amide bonds. The number of benzene rings is 2. The van der Waals surface area contributed by atoms with Crippen molar-refractivity contribution in [1.82, 2.24) is 4.31 Å². The van der Waals surface area contributed by atoms with Gasteiger partial charge in [0.05, 0.1) is 12.4 Å². The van der Waals surface area contributed by atoms with Gasteiger partial charge >= 0.3 is 0 Å². The first kappa shape index (κ1) is 22.2. The van der Waals surface area contributed by atoms with Crippen LogP contribution in [0.5, 0.6) is 5.75 Å². The fourth-order valence-electron chi connectivity index (χ4n) is 3.05. The molecule has 2 aromatic rings. The topological polar surface area (TPSA) is 46.6 Å². The Kier molecular flexibility index (Phi) is 7.84. The summed E-state index contributed by atoms with van der Waals surface area (Å²) >= 11 is 0. The zero-order valence-corrected chi connectivity index (χ0v) is 18.1. The summed E-state index contributed by atoms with van der Waals surface area (Å²) in [4.78, 5) is 0. The van der Waals surface area contributed by atoms with Crippen LogP contribution in [-0.4, -0.2) is 25.1 Å². The Labute approximate surface area is 169 Å². The maximum absolute atomic E-state index is 13.4. The van der Waals surface area contributed by atoms with Gasteiger partial charge in [0.15, 0.2) is 0 Å². The van der Waals surface area contributed by atoms with Crippen LogP contribution in [0.3, 0.4) is 0 Å². The minimum atomic E-state index is -3.49. The first-order valence-electron chi connectivity index (χ1n) is 9.56. The highest BCUT2D eigenvalue weighted by Gasteiger charge is 2.32. The first-order valence-corrected chi connectivity index (χ1v) is 11.1. The van der Waals surface area contributed by atoms with Gasteiger partial charge in [-0.25, -0.2) is 8.42 Å². The molecule has 28 heavy (non-hydrogen) atoms. The fraction of sp³-hybridized carbons (Fsp3) is 0.391. The monoisotopic (exact) mass is 401 g/mol. The number of sulfonamides is 1. The predicted octanol–water partition coefficient (Wildman–Crippen LogP) is 4.94. The summed E-state index contributed by atoms with van der Waals surface area (Å²) < 4.78 is 33.6. The smallest absolute Gasteiger partial charge is 0.217 e. The van der Waals surface area contributed by atoms with E-state index < -0.39 is 15.3 Å². The Bertz CT molecular complexity index is 858. The molecule has 0 heterocycles. The van der Waals surface area contributed by atoms with E-state index in [1.54, 1.807) is 24.4 Å². The van der Waals surface area contributed by atoms with Crippen molar-refractivity contribution in [2.45, 2.75) is 45.5 Å². The van der Waals surface area contributed by atoms with Crippen molar-refractivity contribution in [3.05, 3.63) is 77.9 Å². The lowest BCUT2D eigenvalue weighted by atomic mass is 10.1.